The molecule has 1 fully saturated rings. The van der Waals surface area contributed by atoms with Crippen LogP contribution in [-0.2, 0) is 4.74 Å². The highest BCUT2D eigenvalue weighted by Crippen LogP contribution is 2.31. The molecule has 0 unspecified atom stereocenters. The zero-order valence-corrected chi connectivity index (χ0v) is 18.4. The summed E-state index contributed by atoms with van der Waals surface area (Å²) in [5.41, 5.74) is 1.20. The molecule has 10 heteroatoms. The number of hydrogen-bond acceptors (Lipinski definition) is 7. The number of aromatic nitrogens is 2. The third-order valence-electron chi connectivity index (χ3n) is 5.18. The molecule has 170 valence electrons. The number of nitrogens with zero attached hydrogens (tertiary/aromatic N) is 4. The Labute approximate surface area is 189 Å². The molecule has 1 N–H and O–H groups in total. The highest BCUT2D eigenvalue weighted by Gasteiger charge is 2.13. The summed E-state index contributed by atoms with van der Waals surface area (Å²) in [7, 11) is 1.54. The number of hydrogen-bond donors (Lipinski definition) is 1. The number of fused-ring (bicyclic) bond motifs is 1. The van der Waals surface area contributed by atoms with E-state index in [0.717, 1.165) is 44.0 Å². The van der Waals surface area contributed by atoms with E-state index < -0.39 is 5.82 Å². The van der Waals surface area contributed by atoms with Crippen LogP contribution in [0, 0.1) is 5.82 Å². The average Bonchev–Trinajstić information content (AvgIpc) is 2.81. The second kappa shape index (κ2) is 10.2. The Morgan fingerprint density at radius 3 is 2.78 bits per heavy atom. The van der Waals surface area contributed by atoms with Crippen LogP contribution in [0.5, 0.6) is 11.5 Å². The number of benzene rings is 2. The Kier molecular flexibility index (Phi) is 7.09. The maximum Gasteiger partial charge on any atom is 0.163 e. The van der Waals surface area contributed by atoms with Gasteiger partial charge in [0.05, 0.1) is 48.5 Å². The molecular formula is C22H24ClFN4O4. The van der Waals surface area contributed by atoms with Gasteiger partial charge in [-0.3, -0.25) is 4.90 Å². The number of halogens is 2. The number of methoxy groups -OCH3 is 1. The molecule has 0 radical (unpaired) electrons. The van der Waals surface area contributed by atoms with Crippen molar-refractivity contribution < 1.29 is 23.8 Å². The molecule has 1 aliphatic rings. The fraction of sp³-hybridized carbons (Fsp3) is 0.364. The fourth-order valence-electron chi connectivity index (χ4n) is 3.49. The minimum Gasteiger partial charge on any atom is -0.493 e. The Balaban J connectivity index is 1.62. The molecule has 0 bridgehead atoms. The molecule has 1 saturated heterocycles. The molecular weight excluding hydrogens is 439 g/mol. The van der Waals surface area contributed by atoms with Crippen molar-refractivity contribution in [3.8, 4) is 11.5 Å². The van der Waals surface area contributed by atoms with Gasteiger partial charge in [0.25, 0.3) is 0 Å². The van der Waals surface area contributed by atoms with Gasteiger partial charge < -0.3 is 19.4 Å². The molecule has 0 atom stereocenters. The fourth-order valence-corrected chi connectivity index (χ4v) is 3.67. The molecule has 0 saturated carbocycles. The third kappa shape index (κ3) is 5.12. The van der Waals surface area contributed by atoms with Crippen LogP contribution in [0.15, 0.2) is 41.7 Å². The van der Waals surface area contributed by atoms with Crippen LogP contribution in [-0.4, -0.2) is 66.4 Å². The molecule has 32 heavy (non-hydrogen) atoms. The standard InChI is InChI=1S/C22H24ClFN4O4/c1-30-20-13-19-16(12-21(20)32-8-2-5-27-6-9-31-10-7-27)22(25-14-28(19)29)26-15-3-4-18(24)17(23)11-15/h3-4,11-14,29H,2,5-10H2,1H3. The van der Waals surface area contributed by atoms with Crippen molar-refractivity contribution >= 4 is 28.2 Å². The van der Waals surface area contributed by atoms with E-state index in [0.29, 0.717) is 40.2 Å². The number of ether oxygens (including phenoxy) is 3. The lowest BCUT2D eigenvalue weighted by molar-refractivity contribution is 0.0357. The molecule has 0 amide bonds. The Morgan fingerprint density at radius 1 is 1.22 bits per heavy atom. The normalized spacial score (nSPS) is 15.3. The van der Waals surface area contributed by atoms with E-state index in [4.69, 9.17) is 25.8 Å². The lowest BCUT2D eigenvalue weighted by Gasteiger charge is -2.26. The van der Waals surface area contributed by atoms with Crippen molar-refractivity contribution in [3.05, 3.63) is 53.0 Å². The second-order valence-corrected chi connectivity index (χ2v) is 7.71. The van der Waals surface area contributed by atoms with Gasteiger partial charge in [-0.1, -0.05) is 11.6 Å². The van der Waals surface area contributed by atoms with Crippen LogP contribution in [0.3, 0.4) is 0 Å². The highest BCUT2D eigenvalue weighted by molar-refractivity contribution is 6.31. The van der Waals surface area contributed by atoms with Gasteiger partial charge in [0.2, 0.25) is 0 Å². The van der Waals surface area contributed by atoms with Crippen LogP contribution in [0.2, 0.25) is 5.02 Å². The van der Waals surface area contributed by atoms with Gasteiger partial charge in [-0.2, -0.15) is 4.73 Å². The average molecular weight is 463 g/mol. The van der Waals surface area contributed by atoms with Gasteiger partial charge in [0.15, 0.2) is 17.0 Å². The summed E-state index contributed by atoms with van der Waals surface area (Å²) in [4.78, 5) is 11.0. The van der Waals surface area contributed by atoms with Gasteiger partial charge in [-0.15, -0.1) is 0 Å². The first-order chi connectivity index (χ1) is 15.5. The summed E-state index contributed by atoms with van der Waals surface area (Å²) in [5, 5.41) is 10.7. The third-order valence-corrected chi connectivity index (χ3v) is 5.47. The molecule has 3 aromatic rings. The summed E-state index contributed by atoms with van der Waals surface area (Å²) in [6.07, 6.45) is 2.08. The Hall–Kier alpha value is -2.88. The Morgan fingerprint density at radius 2 is 2.03 bits per heavy atom. The lowest BCUT2D eigenvalue weighted by Crippen LogP contribution is -2.37. The van der Waals surface area contributed by atoms with E-state index >= 15 is 0 Å². The predicted octanol–water partition coefficient (Wildman–Crippen LogP) is 3.41. The van der Waals surface area contributed by atoms with Crippen LogP contribution < -0.4 is 15.0 Å². The van der Waals surface area contributed by atoms with E-state index in [1.165, 1.54) is 31.6 Å². The van der Waals surface area contributed by atoms with Gasteiger partial charge in [0, 0.05) is 25.7 Å². The van der Waals surface area contributed by atoms with E-state index in [-0.39, 0.29) is 5.02 Å². The predicted molar refractivity (Wildman–Crippen MR) is 117 cm³/mol. The summed E-state index contributed by atoms with van der Waals surface area (Å²) in [5.74, 6) is 0.472. The lowest BCUT2D eigenvalue weighted by atomic mass is 10.2. The Bertz CT molecular complexity index is 1160. The van der Waals surface area contributed by atoms with Crippen molar-refractivity contribution in [1.29, 1.82) is 0 Å². The highest BCUT2D eigenvalue weighted by atomic mass is 35.5. The minimum atomic E-state index is -0.526. The summed E-state index contributed by atoms with van der Waals surface area (Å²) >= 11 is 5.87. The van der Waals surface area contributed by atoms with Crippen LogP contribution in [0.25, 0.3) is 10.9 Å². The number of rotatable bonds is 7. The molecule has 0 aliphatic carbocycles. The topological polar surface area (TPSA) is 81.3 Å². The molecule has 8 nitrogen and oxygen atoms in total. The monoisotopic (exact) mass is 462 g/mol. The summed E-state index contributed by atoms with van der Waals surface area (Å²) in [6.45, 7) is 4.81. The van der Waals surface area contributed by atoms with Crippen molar-refractivity contribution in [2.45, 2.75) is 6.42 Å². The van der Waals surface area contributed by atoms with Gasteiger partial charge in [-0.05, 0) is 30.7 Å². The van der Waals surface area contributed by atoms with Crippen molar-refractivity contribution in [1.82, 2.24) is 14.6 Å². The molecule has 4 rings (SSSR count). The van der Waals surface area contributed by atoms with E-state index in [9.17, 15) is 9.60 Å². The van der Waals surface area contributed by atoms with Crippen LogP contribution in [0.4, 0.5) is 10.1 Å². The molecule has 0 spiro atoms. The van der Waals surface area contributed by atoms with Gasteiger partial charge >= 0.3 is 0 Å². The quantitative estimate of drug-likeness (QED) is 0.428. The van der Waals surface area contributed by atoms with Crippen molar-refractivity contribution in [2.24, 2.45) is 4.99 Å². The van der Waals surface area contributed by atoms with Gasteiger partial charge in [-0.25, -0.2) is 14.4 Å². The largest absolute Gasteiger partial charge is 0.493 e. The second-order valence-electron chi connectivity index (χ2n) is 7.30. The summed E-state index contributed by atoms with van der Waals surface area (Å²) in [6, 6.07) is 7.54. The zero-order chi connectivity index (χ0) is 22.5. The SMILES string of the molecule is COc1cc2c(cc1OCCCN1CCOCC1)c(=Nc1ccc(F)c(Cl)c1)ncn2O. The van der Waals surface area contributed by atoms with Crippen molar-refractivity contribution in [3.63, 3.8) is 0 Å². The molecule has 2 aromatic carbocycles. The van der Waals surface area contributed by atoms with E-state index in [1.807, 2.05) is 0 Å². The first kappa shape index (κ1) is 22.3. The minimum absolute atomic E-state index is 0.0327. The van der Waals surface area contributed by atoms with Crippen molar-refractivity contribution in [2.75, 3.05) is 46.6 Å². The maximum atomic E-state index is 13.5. The first-order valence-electron chi connectivity index (χ1n) is 10.3. The number of morpholine rings is 1. The molecule has 1 aliphatic heterocycles. The van der Waals surface area contributed by atoms with E-state index in [2.05, 4.69) is 14.9 Å². The maximum absolute atomic E-state index is 13.5. The van der Waals surface area contributed by atoms with Crippen LogP contribution >= 0.6 is 11.6 Å². The summed E-state index contributed by atoms with van der Waals surface area (Å²) < 4.78 is 31.2. The van der Waals surface area contributed by atoms with Crippen LogP contribution in [0.1, 0.15) is 6.42 Å². The van der Waals surface area contributed by atoms with E-state index in [1.54, 1.807) is 12.1 Å². The molecule has 2 heterocycles. The molecule has 1 aromatic heterocycles. The first-order valence-corrected chi connectivity index (χ1v) is 10.6. The zero-order valence-electron chi connectivity index (χ0n) is 17.6. The van der Waals surface area contributed by atoms with Gasteiger partial charge in [0.1, 0.15) is 12.1 Å². The smallest absolute Gasteiger partial charge is 0.163 e.